The van der Waals surface area contributed by atoms with E-state index >= 15 is 0 Å². The molecule has 1 N–H and O–H groups in total. The molecule has 0 bridgehead atoms. The van der Waals surface area contributed by atoms with E-state index in [2.05, 4.69) is 15.3 Å². The summed E-state index contributed by atoms with van der Waals surface area (Å²) in [4.78, 5) is 8.14. The molecule has 0 fully saturated rings. The maximum absolute atomic E-state index is 8.78. The van der Waals surface area contributed by atoms with Gasteiger partial charge in [0.2, 0.25) is 5.95 Å². The quantitative estimate of drug-likeness (QED) is 0.920. The summed E-state index contributed by atoms with van der Waals surface area (Å²) in [5.41, 5.74) is 1.50. The number of hydrogen-bond donors (Lipinski definition) is 1. The lowest BCUT2D eigenvalue weighted by molar-refractivity contribution is 0.171. The molecule has 1 aliphatic rings. The molecule has 3 rings (SSSR count). The minimum atomic E-state index is 0.354. The van der Waals surface area contributed by atoms with Crippen molar-refractivity contribution in [3.63, 3.8) is 0 Å². The zero-order valence-electron chi connectivity index (χ0n) is 11.4. The first-order valence-electron chi connectivity index (χ1n) is 6.71. The van der Waals surface area contributed by atoms with E-state index in [1.807, 2.05) is 24.3 Å². The van der Waals surface area contributed by atoms with E-state index in [-0.39, 0.29) is 0 Å². The second-order valence-electron chi connectivity index (χ2n) is 4.53. The van der Waals surface area contributed by atoms with Gasteiger partial charge in [-0.25, -0.2) is 9.97 Å². The fourth-order valence-corrected chi connectivity index (χ4v) is 2.07. The van der Waals surface area contributed by atoms with E-state index in [9.17, 15) is 0 Å². The largest absolute Gasteiger partial charge is 0.486 e. The number of nitrogens with one attached hydrogen (secondary N) is 1. The zero-order chi connectivity index (χ0) is 14.5. The molecule has 0 saturated heterocycles. The minimum Gasteiger partial charge on any atom is -0.486 e. The van der Waals surface area contributed by atoms with Gasteiger partial charge in [-0.15, -0.1) is 0 Å². The highest BCUT2D eigenvalue weighted by atomic mass is 16.6. The van der Waals surface area contributed by atoms with Crippen LogP contribution in [0.1, 0.15) is 11.3 Å². The third-order valence-corrected chi connectivity index (χ3v) is 3.07. The Morgan fingerprint density at radius 1 is 1.19 bits per heavy atom. The van der Waals surface area contributed by atoms with E-state index in [1.54, 1.807) is 12.3 Å². The van der Waals surface area contributed by atoms with Crippen molar-refractivity contribution < 1.29 is 9.47 Å². The molecule has 1 aromatic carbocycles. The van der Waals surface area contributed by atoms with E-state index < -0.39 is 0 Å². The predicted molar refractivity (Wildman–Crippen MR) is 76.4 cm³/mol. The van der Waals surface area contributed by atoms with Crippen LogP contribution in [0.5, 0.6) is 11.5 Å². The molecule has 21 heavy (non-hydrogen) atoms. The number of rotatable bonds is 4. The van der Waals surface area contributed by atoms with Crippen molar-refractivity contribution >= 4 is 5.95 Å². The second-order valence-corrected chi connectivity index (χ2v) is 4.53. The standard InChI is InChI=1S/C15H14N4O2/c16-10-12-4-6-18-15(19-12)17-5-3-11-1-2-13-14(9-11)21-8-7-20-13/h1-2,4,6,9H,3,5,7-8H2,(H,17,18,19). The maximum Gasteiger partial charge on any atom is 0.223 e. The number of anilines is 1. The van der Waals surface area contributed by atoms with Gasteiger partial charge in [-0.05, 0) is 30.2 Å². The smallest absolute Gasteiger partial charge is 0.223 e. The van der Waals surface area contributed by atoms with Crippen LogP contribution < -0.4 is 14.8 Å². The van der Waals surface area contributed by atoms with Crippen molar-refractivity contribution in [2.45, 2.75) is 6.42 Å². The van der Waals surface area contributed by atoms with Gasteiger partial charge in [0.1, 0.15) is 25.0 Å². The molecule has 2 heterocycles. The first-order chi connectivity index (χ1) is 10.3. The normalized spacial score (nSPS) is 12.5. The summed E-state index contributed by atoms with van der Waals surface area (Å²) in [6.07, 6.45) is 2.37. The van der Waals surface area contributed by atoms with Crippen molar-refractivity contribution in [2.24, 2.45) is 0 Å². The van der Waals surface area contributed by atoms with Gasteiger partial charge in [-0.1, -0.05) is 6.07 Å². The van der Waals surface area contributed by atoms with Crippen LogP contribution in [0.2, 0.25) is 0 Å². The molecule has 2 aromatic rings. The summed E-state index contributed by atoms with van der Waals surface area (Å²) in [5, 5.41) is 11.9. The second kappa shape index (κ2) is 6.09. The number of ether oxygens (including phenoxy) is 2. The average Bonchev–Trinajstić information content (AvgIpc) is 2.55. The molecule has 0 radical (unpaired) electrons. The highest BCUT2D eigenvalue weighted by molar-refractivity contribution is 5.44. The molecule has 6 heteroatoms. The molecule has 0 unspecified atom stereocenters. The molecule has 0 spiro atoms. The van der Waals surface area contributed by atoms with E-state index in [1.165, 1.54) is 0 Å². The van der Waals surface area contributed by atoms with Gasteiger partial charge >= 0.3 is 0 Å². The Morgan fingerprint density at radius 3 is 2.90 bits per heavy atom. The first-order valence-corrected chi connectivity index (χ1v) is 6.71. The molecule has 1 aromatic heterocycles. The summed E-state index contributed by atoms with van der Waals surface area (Å²) in [6.45, 7) is 1.86. The average molecular weight is 282 g/mol. The van der Waals surface area contributed by atoms with Gasteiger partial charge < -0.3 is 14.8 Å². The van der Waals surface area contributed by atoms with E-state index in [0.717, 1.165) is 23.5 Å². The fraction of sp³-hybridized carbons (Fsp3) is 0.267. The topological polar surface area (TPSA) is 80.1 Å². The van der Waals surface area contributed by atoms with Gasteiger partial charge in [0, 0.05) is 12.7 Å². The molecule has 0 aliphatic carbocycles. The monoisotopic (exact) mass is 282 g/mol. The predicted octanol–water partition coefficient (Wildman–Crippen LogP) is 1.77. The maximum atomic E-state index is 8.78. The van der Waals surface area contributed by atoms with Gasteiger partial charge in [0.25, 0.3) is 0 Å². The summed E-state index contributed by atoms with van der Waals surface area (Å²) in [6, 6.07) is 9.50. The Bertz CT molecular complexity index is 682. The highest BCUT2D eigenvalue weighted by Crippen LogP contribution is 2.30. The molecule has 1 aliphatic heterocycles. The van der Waals surface area contributed by atoms with Crippen molar-refractivity contribution in [3.05, 3.63) is 41.7 Å². The number of hydrogen-bond acceptors (Lipinski definition) is 6. The van der Waals surface area contributed by atoms with Gasteiger partial charge in [-0.3, -0.25) is 0 Å². The molecule has 0 atom stereocenters. The molecule has 106 valence electrons. The SMILES string of the molecule is N#Cc1ccnc(NCCc2ccc3c(c2)OCCO3)n1. The number of nitrogens with zero attached hydrogens (tertiary/aromatic N) is 3. The molecule has 0 saturated carbocycles. The molecule has 0 amide bonds. The van der Waals surface area contributed by atoms with Crippen LogP contribution in [-0.2, 0) is 6.42 Å². The van der Waals surface area contributed by atoms with Crippen LogP contribution in [0.15, 0.2) is 30.5 Å². The van der Waals surface area contributed by atoms with Crippen LogP contribution >= 0.6 is 0 Å². The molecule has 6 nitrogen and oxygen atoms in total. The van der Waals surface area contributed by atoms with Gasteiger partial charge in [-0.2, -0.15) is 5.26 Å². The van der Waals surface area contributed by atoms with Crippen molar-refractivity contribution in [1.82, 2.24) is 9.97 Å². The molecular weight excluding hydrogens is 268 g/mol. The number of benzene rings is 1. The Morgan fingerprint density at radius 2 is 2.05 bits per heavy atom. The Labute approximate surface area is 122 Å². The fourth-order valence-electron chi connectivity index (χ4n) is 2.07. The van der Waals surface area contributed by atoms with E-state index in [4.69, 9.17) is 14.7 Å². The van der Waals surface area contributed by atoms with E-state index in [0.29, 0.717) is 31.4 Å². The van der Waals surface area contributed by atoms with Crippen LogP contribution in [0, 0.1) is 11.3 Å². The van der Waals surface area contributed by atoms with Crippen LogP contribution in [0.3, 0.4) is 0 Å². The Kier molecular flexibility index (Phi) is 3.83. The summed E-state index contributed by atoms with van der Waals surface area (Å²) in [5.74, 6) is 2.05. The van der Waals surface area contributed by atoms with Crippen LogP contribution in [0.4, 0.5) is 5.95 Å². The Balaban J connectivity index is 1.59. The minimum absolute atomic E-state index is 0.354. The van der Waals surface area contributed by atoms with Gasteiger partial charge in [0.15, 0.2) is 11.5 Å². The third-order valence-electron chi connectivity index (χ3n) is 3.07. The van der Waals surface area contributed by atoms with Crippen molar-refractivity contribution in [1.29, 1.82) is 5.26 Å². The number of fused-ring (bicyclic) bond motifs is 1. The first kappa shape index (κ1) is 13.2. The summed E-state index contributed by atoms with van der Waals surface area (Å²) >= 11 is 0. The lowest BCUT2D eigenvalue weighted by Gasteiger charge is -2.18. The zero-order valence-corrected chi connectivity index (χ0v) is 11.4. The summed E-state index contributed by atoms with van der Waals surface area (Å²) < 4.78 is 11.0. The number of nitriles is 1. The van der Waals surface area contributed by atoms with Crippen LogP contribution in [-0.4, -0.2) is 29.7 Å². The molecular formula is C15H14N4O2. The highest BCUT2D eigenvalue weighted by Gasteiger charge is 2.11. The van der Waals surface area contributed by atoms with Crippen LogP contribution in [0.25, 0.3) is 0 Å². The van der Waals surface area contributed by atoms with Crippen molar-refractivity contribution in [3.8, 4) is 17.6 Å². The summed E-state index contributed by atoms with van der Waals surface area (Å²) in [7, 11) is 0. The lowest BCUT2D eigenvalue weighted by atomic mass is 10.1. The van der Waals surface area contributed by atoms with Gasteiger partial charge in [0.05, 0.1) is 0 Å². The third kappa shape index (κ3) is 3.20. The lowest BCUT2D eigenvalue weighted by Crippen LogP contribution is -2.15. The Hall–Kier alpha value is -2.81. The van der Waals surface area contributed by atoms with Crippen molar-refractivity contribution in [2.75, 3.05) is 25.1 Å². The number of aromatic nitrogens is 2.